The van der Waals surface area contributed by atoms with Gasteiger partial charge in [-0.1, -0.05) is 36.9 Å². The van der Waals surface area contributed by atoms with Crippen molar-refractivity contribution in [2.45, 2.75) is 31.5 Å². The number of hydrogen-bond donors (Lipinski definition) is 3. The van der Waals surface area contributed by atoms with Gasteiger partial charge in [-0.2, -0.15) is 5.10 Å². The number of anilines is 2. The maximum atomic E-state index is 11.6. The molecule has 0 radical (unpaired) electrons. The maximum Gasteiger partial charge on any atom is 0.243 e. The van der Waals surface area contributed by atoms with Gasteiger partial charge in [0.1, 0.15) is 23.7 Å². The number of hydrogen-bond acceptors (Lipinski definition) is 7. The Balaban J connectivity index is 1.38. The van der Waals surface area contributed by atoms with Gasteiger partial charge in [0.05, 0.1) is 11.4 Å². The predicted octanol–water partition coefficient (Wildman–Crippen LogP) is 3.09. The van der Waals surface area contributed by atoms with Gasteiger partial charge >= 0.3 is 0 Å². The molecule has 0 unspecified atom stereocenters. The highest BCUT2D eigenvalue weighted by atomic mass is 16.1. The Morgan fingerprint density at radius 3 is 2.70 bits per heavy atom. The molecule has 166 valence electrons. The third-order valence-corrected chi connectivity index (χ3v) is 5.87. The molecule has 1 fully saturated rings. The summed E-state index contributed by atoms with van der Waals surface area (Å²) in [5.41, 5.74) is 9.76. The van der Waals surface area contributed by atoms with Gasteiger partial charge < -0.3 is 16.4 Å². The topological polar surface area (TPSA) is 124 Å². The van der Waals surface area contributed by atoms with Gasteiger partial charge in [0.15, 0.2) is 5.65 Å². The van der Waals surface area contributed by atoms with E-state index in [1.54, 1.807) is 6.20 Å². The van der Waals surface area contributed by atoms with Crippen LogP contribution in [0.3, 0.4) is 0 Å². The fourth-order valence-electron chi connectivity index (χ4n) is 4.06. The van der Waals surface area contributed by atoms with Crippen LogP contribution in [0, 0.1) is 0 Å². The molecule has 4 N–H and O–H groups in total. The lowest BCUT2D eigenvalue weighted by Crippen LogP contribution is -2.44. The first-order valence-electron chi connectivity index (χ1n) is 10.8. The minimum Gasteiger partial charge on any atom is -0.383 e. The molecule has 1 aliphatic rings. The van der Waals surface area contributed by atoms with Crippen LogP contribution in [0.5, 0.6) is 0 Å². The molecule has 1 aromatic carbocycles. The van der Waals surface area contributed by atoms with Crippen LogP contribution in [0.1, 0.15) is 24.4 Å². The number of carbonyl (C=O) groups is 1. The van der Waals surface area contributed by atoms with Crippen molar-refractivity contribution >= 4 is 28.6 Å². The summed E-state index contributed by atoms with van der Waals surface area (Å²) in [6, 6.07) is 14.2. The van der Waals surface area contributed by atoms with E-state index in [0.29, 0.717) is 18.0 Å². The zero-order valence-electron chi connectivity index (χ0n) is 18.0. The monoisotopic (exact) mass is 440 g/mol. The van der Waals surface area contributed by atoms with Crippen molar-refractivity contribution in [1.29, 1.82) is 0 Å². The number of nitrogens with one attached hydrogen (secondary N) is 2. The van der Waals surface area contributed by atoms with Crippen LogP contribution in [0.15, 0.2) is 67.6 Å². The van der Waals surface area contributed by atoms with E-state index in [1.165, 1.54) is 12.4 Å². The molecular weight excluding hydrogens is 416 g/mol. The smallest absolute Gasteiger partial charge is 0.243 e. The molecule has 33 heavy (non-hydrogen) atoms. The second-order valence-corrected chi connectivity index (χ2v) is 8.05. The number of carbonyl (C=O) groups excluding carboxylic acids is 1. The average Bonchev–Trinajstić information content (AvgIpc) is 3.21. The standard InChI is InChI=1S/C24H24N8O/c1-2-20(33)30-17-11-18(12-17)32-24-21(23(25)28-14-29-24)22(31-32)16-8-6-15(7-9-16)13-27-19-5-3-4-10-26-19/h2-10,14,17-18H,1,11-13H2,(H,26,27)(H,30,33)(H2,25,28,29)/t17-,18+. The van der Waals surface area contributed by atoms with Gasteiger partial charge in [0, 0.05) is 24.3 Å². The van der Waals surface area contributed by atoms with Gasteiger partial charge in [-0.3, -0.25) is 4.79 Å². The van der Waals surface area contributed by atoms with E-state index in [0.717, 1.165) is 40.9 Å². The van der Waals surface area contributed by atoms with E-state index in [2.05, 4.69) is 44.3 Å². The SMILES string of the molecule is C=CC(=O)N[C@H]1C[C@@H](n2nc(-c3ccc(CNc4ccccn4)cc3)c3c(N)ncnc32)C1. The number of nitrogen functional groups attached to an aromatic ring is 1. The largest absolute Gasteiger partial charge is 0.383 e. The Hall–Kier alpha value is -4.27. The first-order chi connectivity index (χ1) is 16.1. The van der Waals surface area contributed by atoms with Gasteiger partial charge in [-0.05, 0) is 36.6 Å². The average molecular weight is 441 g/mol. The molecule has 4 aromatic rings. The number of pyridine rings is 1. The van der Waals surface area contributed by atoms with Gasteiger partial charge in [-0.25, -0.2) is 19.6 Å². The Bertz CT molecular complexity index is 1290. The van der Waals surface area contributed by atoms with Crippen LogP contribution in [-0.4, -0.2) is 36.7 Å². The number of benzene rings is 1. The van der Waals surface area contributed by atoms with Gasteiger partial charge in [0.25, 0.3) is 0 Å². The minimum absolute atomic E-state index is 0.105. The van der Waals surface area contributed by atoms with E-state index in [-0.39, 0.29) is 18.0 Å². The molecule has 1 amide bonds. The molecular formula is C24H24N8O. The molecule has 0 atom stereocenters. The van der Waals surface area contributed by atoms with Crippen molar-refractivity contribution < 1.29 is 4.79 Å². The molecule has 9 heteroatoms. The number of nitrogens with zero attached hydrogens (tertiary/aromatic N) is 5. The second kappa shape index (κ2) is 8.70. The summed E-state index contributed by atoms with van der Waals surface area (Å²) < 4.78 is 1.91. The zero-order chi connectivity index (χ0) is 22.8. The summed E-state index contributed by atoms with van der Waals surface area (Å²) in [5.74, 6) is 1.07. The van der Waals surface area contributed by atoms with Gasteiger partial charge in [0.2, 0.25) is 5.91 Å². The van der Waals surface area contributed by atoms with Crippen molar-refractivity contribution in [3.8, 4) is 11.3 Å². The van der Waals surface area contributed by atoms with Crippen LogP contribution in [0.4, 0.5) is 11.6 Å². The summed E-state index contributed by atoms with van der Waals surface area (Å²) in [6.45, 7) is 4.17. The van der Waals surface area contributed by atoms with Crippen molar-refractivity contribution in [1.82, 2.24) is 30.0 Å². The van der Waals surface area contributed by atoms with Crippen molar-refractivity contribution in [2.75, 3.05) is 11.1 Å². The highest BCUT2D eigenvalue weighted by molar-refractivity contribution is 5.98. The first-order valence-corrected chi connectivity index (χ1v) is 10.8. The third kappa shape index (κ3) is 4.12. The van der Waals surface area contributed by atoms with E-state index in [9.17, 15) is 4.79 Å². The lowest BCUT2D eigenvalue weighted by atomic mass is 9.87. The van der Waals surface area contributed by atoms with Crippen molar-refractivity contribution in [3.63, 3.8) is 0 Å². The number of fused-ring (bicyclic) bond motifs is 1. The number of rotatable bonds is 7. The fraction of sp³-hybridized carbons (Fsp3) is 0.208. The lowest BCUT2D eigenvalue weighted by Gasteiger charge is -2.35. The molecule has 0 saturated heterocycles. The van der Waals surface area contributed by atoms with Crippen LogP contribution in [0.25, 0.3) is 22.3 Å². The summed E-state index contributed by atoms with van der Waals surface area (Å²) in [7, 11) is 0. The summed E-state index contributed by atoms with van der Waals surface area (Å²) >= 11 is 0. The number of nitrogens with two attached hydrogens (primary N) is 1. The van der Waals surface area contributed by atoms with Crippen LogP contribution >= 0.6 is 0 Å². The third-order valence-electron chi connectivity index (χ3n) is 5.87. The lowest BCUT2D eigenvalue weighted by molar-refractivity contribution is -0.117. The molecule has 1 saturated carbocycles. The van der Waals surface area contributed by atoms with Gasteiger partial charge in [-0.15, -0.1) is 0 Å². The highest BCUT2D eigenvalue weighted by Gasteiger charge is 2.34. The van der Waals surface area contributed by atoms with E-state index in [4.69, 9.17) is 10.8 Å². The maximum absolute atomic E-state index is 11.6. The normalized spacial score (nSPS) is 17.3. The minimum atomic E-state index is -0.159. The van der Waals surface area contributed by atoms with Crippen LogP contribution in [0.2, 0.25) is 0 Å². The Kier molecular flexibility index (Phi) is 5.43. The molecule has 3 aromatic heterocycles. The summed E-state index contributed by atoms with van der Waals surface area (Å²) in [4.78, 5) is 24.5. The highest BCUT2D eigenvalue weighted by Crippen LogP contribution is 2.38. The number of amides is 1. The van der Waals surface area contributed by atoms with E-state index >= 15 is 0 Å². The fourth-order valence-corrected chi connectivity index (χ4v) is 4.06. The Morgan fingerprint density at radius 2 is 1.97 bits per heavy atom. The predicted molar refractivity (Wildman–Crippen MR) is 127 cm³/mol. The number of aromatic nitrogens is 5. The summed E-state index contributed by atoms with van der Waals surface area (Å²) in [5, 5.41) is 11.9. The van der Waals surface area contributed by atoms with Crippen molar-refractivity contribution in [3.05, 3.63) is 73.2 Å². The molecule has 0 bridgehead atoms. The molecule has 5 rings (SSSR count). The Morgan fingerprint density at radius 1 is 1.15 bits per heavy atom. The Labute approximate surface area is 190 Å². The van der Waals surface area contributed by atoms with Crippen LogP contribution in [-0.2, 0) is 11.3 Å². The van der Waals surface area contributed by atoms with E-state index in [1.807, 2.05) is 35.0 Å². The zero-order valence-corrected chi connectivity index (χ0v) is 18.0. The molecule has 3 heterocycles. The first kappa shape index (κ1) is 20.6. The van der Waals surface area contributed by atoms with Crippen LogP contribution < -0.4 is 16.4 Å². The molecule has 0 spiro atoms. The van der Waals surface area contributed by atoms with Crippen molar-refractivity contribution in [2.24, 2.45) is 0 Å². The quantitative estimate of drug-likeness (QED) is 0.377. The summed E-state index contributed by atoms with van der Waals surface area (Å²) in [6.07, 6.45) is 6.06. The molecule has 1 aliphatic carbocycles. The molecule has 9 nitrogen and oxygen atoms in total. The second-order valence-electron chi connectivity index (χ2n) is 8.05. The molecule has 0 aliphatic heterocycles. The van der Waals surface area contributed by atoms with E-state index < -0.39 is 0 Å².